The Labute approximate surface area is 171 Å². The molecule has 0 saturated carbocycles. The number of hydrogen-bond donors (Lipinski definition) is 2. The molecule has 1 atom stereocenters. The molecule has 1 aromatic carbocycles. The molecule has 0 radical (unpaired) electrons. The second-order valence-corrected chi connectivity index (χ2v) is 9.71. The van der Waals surface area contributed by atoms with Gasteiger partial charge in [-0.3, -0.25) is 9.59 Å². The summed E-state index contributed by atoms with van der Waals surface area (Å²) in [5, 5.41) is 5.12. The highest BCUT2D eigenvalue weighted by Gasteiger charge is 2.38. The summed E-state index contributed by atoms with van der Waals surface area (Å²) in [6.07, 6.45) is 0.135. The maximum absolute atomic E-state index is 12.6. The number of sulfonamides is 1. The summed E-state index contributed by atoms with van der Waals surface area (Å²) in [6.45, 7) is 4.10. The Morgan fingerprint density at radius 2 is 1.83 bits per heavy atom. The Morgan fingerprint density at radius 3 is 2.38 bits per heavy atom. The third-order valence-electron chi connectivity index (χ3n) is 4.74. The average Bonchev–Trinajstić information content (AvgIpc) is 2.93. The molecule has 29 heavy (non-hydrogen) atoms. The summed E-state index contributed by atoms with van der Waals surface area (Å²) in [7, 11) is -0.538. The van der Waals surface area contributed by atoms with E-state index < -0.39 is 28.0 Å². The van der Waals surface area contributed by atoms with Gasteiger partial charge in [-0.1, -0.05) is 26.0 Å². The first-order chi connectivity index (χ1) is 13.5. The summed E-state index contributed by atoms with van der Waals surface area (Å²) >= 11 is 0. The first-order valence-electron chi connectivity index (χ1n) is 9.44. The van der Waals surface area contributed by atoms with Crippen molar-refractivity contribution in [3.8, 4) is 0 Å². The lowest BCUT2D eigenvalue weighted by atomic mass is 10.0. The van der Waals surface area contributed by atoms with E-state index in [4.69, 9.17) is 0 Å². The second kappa shape index (κ2) is 9.36. The van der Waals surface area contributed by atoms with Crippen LogP contribution in [-0.4, -0.2) is 63.0 Å². The van der Waals surface area contributed by atoms with Crippen LogP contribution >= 0.6 is 0 Å². The molecule has 1 aliphatic heterocycles. The van der Waals surface area contributed by atoms with Crippen molar-refractivity contribution in [1.82, 2.24) is 14.9 Å². The van der Waals surface area contributed by atoms with E-state index in [2.05, 4.69) is 24.5 Å². The number of imide groups is 1. The Bertz CT molecular complexity index is 865. The zero-order valence-corrected chi connectivity index (χ0v) is 18.0. The summed E-state index contributed by atoms with van der Waals surface area (Å²) < 4.78 is 24.4. The van der Waals surface area contributed by atoms with Crippen LogP contribution in [0.5, 0.6) is 0 Å². The van der Waals surface area contributed by atoms with E-state index in [0.29, 0.717) is 11.6 Å². The standard InChI is InChI=1S/C19H28N4O5S/c1-13(2)14-5-7-15(8-6-14)23-18(25)16(21-19(23)26)9-10-17(24)20-11-12-29(27,28)22(3)4/h5-8,13,16H,9-12H2,1-4H3,(H,20,24)(H,21,26)/t16-/m0/s1. The Balaban J connectivity index is 1.87. The van der Waals surface area contributed by atoms with E-state index in [1.54, 1.807) is 12.1 Å². The molecule has 0 unspecified atom stereocenters. The zero-order chi connectivity index (χ0) is 21.8. The zero-order valence-electron chi connectivity index (χ0n) is 17.1. The quantitative estimate of drug-likeness (QED) is 0.574. The Kier molecular flexibility index (Phi) is 7.37. The van der Waals surface area contributed by atoms with Crippen molar-refractivity contribution in [1.29, 1.82) is 0 Å². The SMILES string of the molecule is CC(C)c1ccc(N2C(=O)N[C@@H](CCC(=O)NCCS(=O)(=O)N(C)C)C2=O)cc1. The van der Waals surface area contributed by atoms with E-state index >= 15 is 0 Å². The van der Waals surface area contributed by atoms with Crippen LogP contribution in [0.25, 0.3) is 0 Å². The van der Waals surface area contributed by atoms with Gasteiger partial charge in [-0.2, -0.15) is 0 Å². The molecule has 0 aliphatic carbocycles. The fourth-order valence-electron chi connectivity index (χ4n) is 2.85. The summed E-state index contributed by atoms with van der Waals surface area (Å²) in [4.78, 5) is 37.8. The largest absolute Gasteiger partial charge is 0.355 e. The molecule has 1 saturated heterocycles. The number of nitrogens with zero attached hydrogens (tertiary/aromatic N) is 2. The first kappa shape index (κ1) is 22.8. The van der Waals surface area contributed by atoms with Crippen LogP contribution in [0.1, 0.15) is 38.2 Å². The van der Waals surface area contributed by atoms with E-state index in [-0.39, 0.29) is 31.0 Å². The molecule has 0 spiro atoms. The lowest BCUT2D eigenvalue weighted by Crippen LogP contribution is -2.35. The average molecular weight is 425 g/mol. The van der Waals surface area contributed by atoms with Crippen LogP contribution in [0.4, 0.5) is 10.5 Å². The van der Waals surface area contributed by atoms with Gasteiger partial charge < -0.3 is 10.6 Å². The number of amides is 4. The van der Waals surface area contributed by atoms with Crippen molar-refractivity contribution in [2.75, 3.05) is 31.3 Å². The fraction of sp³-hybridized carbons (Fsp3) is 0.526. The van der Waals surface area contributed by atoms with Gasteiger partial charge in [0.1, 0.15) is 6.04 Å². The molecule has 10 heteroatoms. The lowest BCUT2D eigenvalue weighted by molar-refractivity contribution is -0.121. The predicted molar refractivity (Wildman–Crippen MR) is 110 cm³/mol. The van der Waals surface area contributed by atoms with Crippen LogP contribution in [0, 0.1) is 0 Å². The fourth-order valence-corrected chi connectivity index (χ4v) is 3.57. The minimum absolute atomic E-state index is 0.00116. The molecule has 0 bridgehead atoms. The molecule has 2 rings (SSSR count). The number of rotatable bonds is 9. The van der Waals surface area contributed by atoms with Crippen LogP contribution in [-0.2, 0) is 19.6 Å². The molecular weight excluding hydrogens is 396 g/mol. The lowest BCUT2D eigenvalue weighted by Gasteiger charge is -2.14. The van der Waals surface area contributed by atoms with Crippen LogP contribution < -0.4 is 15.5 Å². The van der Waals surface area contributed by atoms with E-state index in [1.807, 2.05) is 12.1 Å². The minimum Gasteiger partial charge on any atom is -0.355 e. The van der Waals surface area contributed by atoms with Gasteiger partial charge in [-0.15, -0.1) is 0 Å². The van der Waals surface area contributed by atoms with Crippen molar-refractivity contribution >= 4 is 33.6 Å². The third kappa shape index (κ3) is 5.77. The molecule has 2 N–H and O–H groups in total. The highest BCUT2D eigenvalue weighted by atomic mass is 32.2. The van der Waals surface area contributed by atoms with Gasteiger partial charge in [0.05, 0.1) is 11.4 Å². The number of carbonyl (C=O) groups excluding carboxylic acids is 3. The number of hydrogen-bond acceptors (Lipinski definition) is 5. The summed E-state index contributed by atoms with van der Waals surface area (Å²) in [5.74, 6) is -0.646. The number of anilines is 1. The Hall–Kier alpha value is -2.46. The topological polar surface area (TPSA) is 116 Å². The van der Waals surface area contributed by atoms with Gasteiger partial charge in [0.2, 0.25) is 15.9 Å². The van der Waals surface area contributed by atoms with Crippen molar-refractivity contribution in [2.45, 2.75) is 38.6 Å². The number of urea groups is 1. The first-order valence-corrected chi connectivity index (χ1v) is 11.0. The van der Waals surface area contributed by atoms with Crippen molar-refractivity contribution in [3.05, 3.63) is 29.8 Å². The molecule has 1 heterocycles. The number of nitrogens with one attached hydrogen (secondary N) is 2. The van der Waals surface area contributed by atoms with Crippen LogP contribution in [0.3, 0.4) is 0 Å². The van der Waals surface area contributed by atoms with Gasteiger partial charge >= 0.3 is 6.03 Å². The molecule has 4 amide bonds. The van der Waals surface area contributed by atoms with Gasteiger partial charge in [-0.05, 0) is 30.0 Å². The second-order valence-electron chi connectivity index (χ2n) is 7.41. The molecule has 0 aromatic heterocycles. The van der Waals surface area contributed by atoms with Crippen molar-refractivity contribution in [3.63, 3.8) is 0 Å². The minimum atomic E-state index is -3.39. The van der Waals surface area contributed by atoms with E-state index in [0.717, 1.165) is 14.8 Å². The number of benzene rings is 1. The predicted octanol–water partition coefficient (Wildman–Crippen LogP) is 1.02. The maximum Gasteiger partial charge on any atom is 0.329 e. The molecule has 1 aliphatic rings. The molecule has 9 nitrogen and oxygen atoms in total. The van der Waals surface area contributed by atoms with Gasteiger partial charge in [0, 0.05) is 27.1 Å². The van der Waals surface area contributed by atoms with E-state index in [9.17, 15) is 22.8 Å². The normalized spacial score (nSPS) is 17.2. The third-order valence-corrected chi connectivity index (χ3v) is 6.57. The maximum atomic E-state index is 12.6. The highest BCUT2D eigenvalue weighted by Crippen LogP contribution is 2.24. The molecule has 1 aromatic rings. The smallest absolute Gasteiger partial charge is 0.329 e. The van der Waals surface area contributed by atoms with Gasteiger partial charge in [-0.25, -0.2) is 22.4 Å². The van der Waals surface area contributed by atoms with Crippen molar-refractivity contribution < 1.29 is 22.8 Å². The highest BCUT2D eigenvalue weighted by molar-refractivity contribution is 7.89. The van der Waals surface area contributed by atoms with Crippen molar-refractivity contribution in [2.24, 2.45) is 0 Å². The van der Waals surface area contributed by atoms with Crippen LogP contribution in [0.2, 0.25) is 0 Å². The van der Waals surface area contributed by atoms with Gasteiger partial charge in [0.15, 0.2) is 0 Å². The monoisotopic (exact) mass is 424 g/mol. The summed E-state index contributed by atoms with van der Waals surface area (Å²) in [6, 6.07) is 5.91. The van der Waals surface area contributed by atoms with E-state index in [1.165, 1.54) is 14.1 Å². The van der Waals surface area contributed by atoms with Gasteiger partial charge in [0.25, 0.3) is 5.91 Å². The number of carbonyl (C=O) groups is 3. The molecule has 160 valence electrons. The summed E-state index contributed by atoms with van der Waals surface area (Å²) in [5.41, 5.74) is 1.59. The van der Waals surface area contributed by atoms with Crippen LogP contribution in [0.15, 0.2) is 24.3 Å². The Morgan fingerprint density at radius 1 is 1.21 bits per heavy atom. The molecular formula is C19H28N4O5S. The molecule has 1 fully saturated rings.